The number of amides is 1. The second-order valence-electron chi connectivity index (χ2n) is 5.04. The number of aromatic nitrogens is 4. The number of para-hydroxylation sites is 2. The molecule has 0 saturated heterocycles. The van der Waals surface area contributed by atoms with Gasteiger partial charge in [0.1, 0.15) is 5.69 Å². The molecule has 0 fully saturated rings. The molecule has 2 aromatic carbocycles. The van der Waals surface area contributed by atoms with Crippen LogP contribution in [0.5, 0.6) is 0 Å². The summed E-state index contributed by atoms with van der Waals surface area (Å²) in [7, 11) is 0. The first kappa shape index (κ1) is 13.2. The van der Waals surface area contributed by atoms with Gasteiger partial charge in [-0.25, -0.2) is 9.78 Å². The van der Waals surface area contributed by atoms with E-state index in [1.165, 1.54) is 6.20 Å². The number of benzene rings is 2. The molecule has 7 nitrogen and oxygen atoms in total. The minimum atomic E-state index is -0.361. The predicted octanol–water partition coefficient (Wildman–Crippen LogP) is 2.05. The van der Waals surface area contributed by atoms with E-state index in [1.54, 1.807) is 24.3 Å². The summed E-state index contributed by atoms with van der Waals surface area (Å²) >= 11 is 0. The Bertz CT molecular complexity index is 1100. The number of rotatable bonds is 2. The fourth-order valence-corrected chi connectivity index (χ4v) is 2.37. The molecule has 0 atom stereocenters. The number of hydrogen-bond donors (Lipinski definition) is 3. The molecular formula is C16H11N5O2. The third-order valence-corrected chi connectivity index (χ3v) is 3.46. The van der Waals surface area contributed by atoms with Crippen LogP contribution in [-0.2, 0) is 0 Å². The number of anilines is 1. The normalized spacial score (nSPS) is 11.0. The van der Waals surface area contributed by atoms with E-state index >= 15 is 0 Å². The van der Waals surface area contributed by atoms with Crippen molar-refractivity contribution in [1.82, 2.24) is 19.9 Å². The predicted molar refractivity (Wildman–Crippen MR) is 86.4 cm³/mol. The van der Waals surface area contributed by atoms with E-state index in [-0.39, 0.29) is 17.3 Å². The molecule has 7 heteroatoms. The van der Waals surface area contributed by atoms with Gasteiger partial charge in [-0.1, -0.05) is 12.1 Å². The summed E-state index contributed by atoms with van der Waals surface area (Å²) in [5, 5.41) is 2.75. The van der Waals surface area contributed by atoms with Crippen LogP contribution in [0, 0.1) is 0 Å². The van der Waals surface area contributed by atoms with Crippen LogP contribution in [0.25, 0.3) is 22.1 Å². The van der Waals surface area contributed by atoms with Crippen molar-refractivity contribution < 1.29 is 4.79 Å². The Balaban J connectivity index is 1.65. The molecule has 2 aromatic heterocycles. The second kappa shape index (κ2) is 5.06. The minimum Gasteiger partial charge on any atom is -0.321 e. The van der Waals surface area contributed by atoms with Gasteiger partial charge < -0.3 is 15.3 Å². The van der Waals surface area contributed by atoms with Gasteiger partial charge in [-0.2, -0.15) is 0 Å². The number of nitrogens with zero attached hydrogens (tertiary/aromatic N) is 2. The minimum absolute atomic E-state index is 0.228. The molecule has 0 aliphatic rings. The van der Waals surface area contributed by atoms with Gasteiger partial charge >= 0.3 is 5.69 Å². The van der Waals surface area contributed by atoms with Crippen LogP contribution in [0.2, 0.25) is 0 Å². The molecule has 0 radical (unpaired) electrons. The van der Waals surface area contributed by atoms with E-state index in [4.69, 9.17) is 0 Å². The standard InChI is InChI=1S/C16H11N5O2/c22-15(14-8-17-10-3-1-2-4-11(10)19-14)18-9-5-6-12-13(7-9)21-16(23)20-12/h1-8H,(H,18,22)(H2,20,21,23). The second-order valence-corrected chi connectivity index (χ2v) is 5.04. The van der Waals surface area contributed by atoms with E-state index < -0.39 is 0 Å². The van der Waals surface area contributed by atoms with Gasteiger partial charge in [0, 0.05) is 5.69 Å². The fraction of sp³-hybridized carbons (Fsp3) is 0. The number of nitrogens with one attached hydrogen (secondary N) is 3. The quantitative estimate of drug-likeness (QED) is 0.527. The summed E-state index contributed by atoms with van der Waals surface area (Å²) in [5.74, 6) is -0.361. The lowest BCUT2D eigenvalue weighted by Crippen LogP contribution is -2.14. The number of H-pyrrole nitrogens is 2. The highest BCUT2D eigenvalue weighted by atomic mass is 16.2. The van der Waals surface area contributed by atoms with Crippen LogP contribution in [0.4, 0.5) is 5.69 Å². The first-order valence-electron chi connectivity index (χ1n) is 6.94. The van der Waals surface area contributed by atoms with Gasteiger partial charge in [-0.05, 0) is 30.3 Å². The lowest BCUT2D eigenvalue weighted by atomic mass is 10.2. The summed E-state index contributed by atoms with van der Waals surface area (Å²) in [4.78, 5) is 37.4. The van der Waals surface area contributed by atoms with Crippen molar-refractivity contribution in [1.29, 1.82) is 0 Å². The Morgan fingerprint density at radius 1 is 1.00 bits per heavy atom. The molecule has 2 heterocycles. The lowest BCUT2D eigenvalue weighted by Gasteiger charge is -2.05. The van der Waals surface area contributed by atoms with Gasteiger partial charge in [-0.15, -0.1) is 0 Å². The van der Waals surface area contributed by atoms with Crippen molar-refractivity contribution in [3.05, 3.63) is 64.8 Å². The monoisotopic (exact) mass is 305 g/mol. The Labute approximate surface area is 129 Å². The van der Waals surface area contributed by atoms with Crippen molar-refractivity contribution in [2.75, 3.05) is 5.32 Å². The number of imidazole rings is 1. The highest BCUT2D eigenvalue weighted by molar-refractivity contribution is 6.04. The number of hydrogen-bond acceptors (Lipinski definition) is 4. The molecule has 4 aromatic rings. The first-order valence-corrected chi connectivity index (χ1v) is 6.94. The average Bonchev–Trinajstić information content (AvgIpc) is 2.93. The molecule has 0 spiro atoms. The van der Waals surface area contributed by atoms with Gasteiger partial charge in [0.2, 0.25) is 0 Å². The Morgan fingerprint density at radius 3 is 2.65 bits per heavy atom. The highest BCUT2D eigenvalue weighted by Crippen LogP contribution is 2.16. The zero-order chi connectivity index (χ0) is 15.8. The van der Waals surface area contributed by atoms with Gasteiger partial charge in [0.25, 0.3) is 5.91 Å². The molecule has 4 rings (SSSR count). The summed E-state index contributed by atoms with van der Waals surface area (Å²) < 4.78 is 0. The number of fused-ring (bicyclic) bond motifs is 2. The molecule has 0 aliphatic carbocycles. The van der Waals surface area contributed by atoms with Crippen LogP contribution >= 0.6 is 0 Å². The van der Waals surface area contributed by atoms with Crippen molar-refractivity contribution >= 4 is 33.7 Å². The number of carbonyl (C=O) groups excluding carboxylic acids is 1. The topological polar surface area (TPSA) is 104 Å². The maximum Gasteiger partial charge on any atom is 0.323 e. The van der Waals surface area contributed by atoms with Gasteiger partial charge in [0.15, 0.2) is 0 Å². The molecule has 0 aliphatic heterocycles. The highest BCUT2D eigenvalue weighted by Gasteiger charge is 2.10. The Hall–Kier alpha value is -3.48. The van der Waals surface area contributed by atoms with Gasteiger partial charge in [-0.3, -0.25) is 9.78 Å². The average molecular weight is 305 g/mol. The van der Waals surface area contributed by atoms with Crippen LogP contribution < -0.4 is 11.0 Å². The molecule has 0 saturated carbocycles. The van der Waals surface area contributed by atoms with Crippen molar-refractivity contribution in [3.8, 4) is 0 Å². The van der Waals surface area contributed by atoms with Crippen molar-refractivity contribution in [2.24, 2.45) is 0 Å². The van der Waals surface area contributed by atoms with Crippen molar-refractivity contribution in [3.63, 3.8) is 0 Å². The smallest absolute Gasteiger partial charge is 0.321 e. The molecule has 0 bridgehead atoms. The summed E-state index contributed by atoms with van der Waals surface area (Å²) in [6.07, 6.45) is 1.44. The van der Waals surface area contributed by atoms with Crippen LogP contribution in [0.15, 0.2) is 53.5 Å². The summed E-state index contributed by atoms with van der Waals surface area (Å²) in [6.45, 7) is 0. The maximum absolute atomic E-state index is 12.3. The molecule has 1 amide bonds. The van der Waals surface area contributed by atoms with E-state index in [0.717, 1.165) is 5.52 Å². The summed E-state index contributed by atoms with van der Waals surface area (Å²) in [5.41, 5.74) is 3.19. The third kappa shape index (κ3) is 2.44. The Kier molecular flexibility index (Phi) is 2.90. The molecule has 112 valence electrons. The van der Waals surface area contributed by atoms with Crippen LogP contribution in [0.3, 0.4) is 0 Å². The van der Waals surface area contributed by atoms with Crippen LogP contribution in [0.1, 0.15) is 10.5 Å². The third-order valence-electron chi connectivity index (χ3n) is 3.46. The largest absolute Gasteiger partial charge is 0.323 e. The molecule has 23 heavy (non-hydrogen) atoms. The van der Waals surface area contributed by atoms with Crippen LogP contribution in [-0.4, -0.2) is 25.8 Å². The maximum atomic E-state index is 12.3. The Morgan fingerprint density at radius 2 is 1.78 bits per heavy atom. The molecule has 3 N–H and O–H groups in total. The summed E-state index contributed by atoms with van der Waals surface area (Å²) in [6, 6.07) is 12.4. The SMILES string of the molecule is O=C(Nc1ccc2[nH]c(=O)[nH]c2c1)c1cnc2ccccc2n1. The van der Waals surface area contributed by atoms with E-state index in [9.17, 15) is 9.59 Å². The number of aromatic amines is 2. The molecular weight excluding hydrogens is 294 g/mol. The zero-order valence-electron chi connectivity index (χ0n) is 11.8. The zero-order valence-corrected chi connectivity index (χ0v) is 11.8. The van der Waals surface area contributed by atoms with E-state index in [0.29, 0.717) is 22.2 Å². The molecule has 0 unspecified atom stereocenters. The number of carbonyl (C=O) groups is 1. The van der Waals surface area contributed by atoms with E-state index in [1.807, 2.05) is 18.2 Å². The van der Waals surface area contributed by atoms with Gasteiger partial charge in [0.05, 0.1) is 28.3 Å². The fourth-order valence-electron chi connectivity index (χ4n) is 2.37. The van der Waals surface area contributed by atoms with Crippen molar-refractivity contribution in [2.45, 2.75) is 0 Å². The van der Waals surface area contributed by atoms with E-state index in [2.05, 4.69) is 25.3 Å². The first-order chi connectivity index (χ1) is 11.2. The lowest BCUT2D eigenvalue weighted by molar-refractivity contribution is 0.102.